The molecule has 2 aromatic rings. The van der Waals surface area contributed by atoms with Crippen LogP contribution in [0.1, 0.15) is 5.56 Å². The predicted molar refractivity (Wildman–Crippen MR) is 73.2 cm³/mol. The molecule has 0 saturated carbocycles. The van der Waals surface area contributed by atoms with Crippen molar-refractivity contribution in [1.82, 2.24) is 9.88 Å². The van der Waals surface area contributed by atoms with Gasteiger partial charge in [-0.1, -0.05) is 0 Å². The molecule has 0 saturated heterocycles. The Balaban J connectivity index is 2.48. The van der Waals surface area contributed by atoms with Crippen molar-refractivity contribution in [3.8, 4) is 5.75 Å². The molecule has 1 aromatic heterocycles. The quantitative estimate of drug-likeness (QED) is 0.734. The Hall–Kier alpha value is -1.40. The zero-order valence-electron chi connectivity index (χ0n) is 11.1. The first-order chi connectivity index (χ1) is 9.26. The summed E-state index contributed by atoms with van der Waals surface area (Å²) >= 11 is 0. The molecule has 0 aliphatic heterocycles. The summed E-state index contributed by atoms with van der Waals surface area (Å²) < 4.78 is 29.0. The number of likely N-dealkylation sites (N-methyl/N-ethyl adjacent to an activating group) is 1. The van der Waals surface area contributed by atoms with Gasteiger partial charge in [-0.15, -0.1) is 0 Å². The first-order valence-electron chi connectivity index (χ1n) is 5.95. The topological polar surface area (TPSA) is 85.8 Å². The number of H-pyrrole nitrogens is 1. The number of benzene rings is 1. The minimum absolute atomic E-state index is 0.150. The number of halogens is 1. The molecule has 0 fully saturated rings. The molecule has 0 atom stereocenters. The number of nitrogens with zero attached hydrogens (tertiary/aromatic N) is 1. The highest BCUT2D eigenvalue weighted by Crippen LogP contribution is 2.42. The Morgan fingerprint density at radius 3 is 2.70 bits per heavy atom. The lowest BCUT2D eigenvalue weighted by Crippen LogP contribution is -2.14. The monoisotopic (exact) mass is 302 g/mol. The van der Waals surface area contributed by atoms with E-state index in [0.717, 1.165) is 18.2 Å². The number of phosphoric ester groups is 1. The third-order valence-electron chi connectivity index (χ3n) is 2.84. The third kappa shape index (κ3) is 3.58. The maximum atomic E-state index is 13.4. The summed E-state index contributed by atoms with van der Waals surface area (Å²) in [6.45, 7) is 0.750. The molecule has 0 unspecified atom stereocenters. The molecular formula is C12H16FN2O4P. The summed E-state index contributed by atoms with van der Waals surface area (Å²) in [7, 11) is -0.900. The Morgan fingerprint density at radius 1 is 1.40 bits per heavy atom. The molecule has 6 nitrogen and oxygen atoms in total. The van der Waals surface area contributed by atoms with Crippen LogP contribution >= 0.6 is 7.82 Å². The summed E-state index contributed by atoms with van der Waals surface area (Å²) in [6.07, 6.45) is 2.34. The minimum atomic E-state index is -4.74. The first kappa shape index (κ1) is 15.0. The van der Waals surface area contributed by atoms with Gasteiger partial charge in [0.05, 0.1) is 5.52 Å². The number of hydrogen-bond acceptors (Lipinski definition) is 3. The van der Waals surface area contributed by atoms with Gasteiger partial charge in [-0.05, 0) is 32.1 Å². The van der Waals surface area contributed by atoms with E-state index in [0.29, 0.717) is 17.3 Å². The molecule has 1 aromatic carbocycles. The van der Waals surface area contributed by atoms with Gasteiger partial charge in [0.1, 0.15) is 11.6 Å². The Morgan fingerprint density at radius 2 is 2.10 bits per heavy atom. The van der Waals surface area contributed by atoms with Gasteiger partial charge in [-0.25, -0.2) is 8.96 Å². The van der Waals surface area contributed by atoms with Crippen LogP contribution in [0.25, 0.3) is 10.9 Å². The van der Waals surface area contributed by atoms with Gasteiger partial charge in [0.2, 0.25) is 0 Å². The molecule has 0 spiro atoms. The number of phosphoric acid groups is 1. The summed E-state index contributed by atoms with van der Waals surface area (Å²) in [5.41, 5.74) is 1.26. The van der Waals surface area contributed by atoms with Gasteiger partial charge in [0, 0.05) is 24.2 Å². The van der Waals surface area contributed by atoms with Crippen molar-refractivity contribution < 1.29 is 23.3 Å². The highest BCUT2D eigenvalue weighted by molar-refractivity contribution is 7.46. The van der Waals surface area contributed by atoms with Crippen LogP contribution in [0.15, 0.2) is 18.3 Å². The highest BCUT2D eigenvalue weighted by atomic mass is 31.2. The molecule has 8 heteroatoms. The van der Waals surface area contributed by atoms with Crippen molar-refractivity contribution in [3.63, 3.8) is 0 Å². The van der Waals surface area contributed by atoms with Gasteiger partial charge in [0.25, 0.3) is 0 Å². The van der Waals surface area contributed by atoms with Crippen LogP contribution in [0.2, 0.25) is 0 Å². The van der Waals surface area contributed by atoms with E-state index in [1.807, 2.05) is 19.0 Å². The van der Waals surface area contributed by atoms with Crippen LogP contribution < -0.4 is 4.52 Å². The Labute approximate surface area is 115 Å². The standard InChI is InChI=1S/C12H16FN2O4P/c1-15(2)4-3-8-7-14-10-5-9(13)6-11(12(8)10)19-20(16,17)18/h5-7,14H,3-4H2,1-2H3,(H2,16,17,18). The van der Waals surface area contributed by atoms with Gasteiger partial charge in [-0.2, -0.15) is 0 Å². The zero-order chi connectivity index (χ0) is 14.9. The van der Waals surface area contributed by atoms with Crippen molar-refractivity contribution >= 4 is 18.7 Å². The lowest BCUT2D eigenvalue weighted by Gasteiger charge is -2.11. The lowest BCUT2D eigenvalue weighted by molar-refractivity contribution is 0.284. The largest absolute Gasteiger partial charge is 0.524 e. The van der Waals surface area contributed by atoms with Crippen molar-refractivity contribution in [1.29, 1.82) is 0 Å². The van der Waals surface area contributed by atoms with Crippen LogP contribution in [-0.2, 0) is 11.0 Å². The Bertz CT molecular complexity index is 665. The van der Waals surface area contributed by atoms with E-state index in [4.69, 9.17) is 9.79 Å². The van der Waals surface area contributed by atoms with E-state index in [2.05, 4.69) is 9.51 Å². The van der Waals surface area contributed by atoms with Crippen molar-refractivity contribution in [2.24, 2.45) is 0 Å². The molecule has 0 radical (unpaired) electrons. The van der Waals surface area contributed by atoms with E-state index in [1.54, 1.807) is 6.20 Å². The second-order valence-electron chi connectivity index (χ2n) is 4.78. The van der Waals surface area contributed by atoms with Crippen LogP contribution in [0.4, 0.5) is 4.39 Å². The summed E-state index contributed by atoms with van der Waals surface area (Å²) in [6, 6.07) is 2.25. The van der Waals surface area contributed by atoms with Crippen molar-refractivity contribution in [3.05, 3.63) is 29.7 Å². The fraction of sp³-hybridized carbons (Fsp3) is 0.333. The lowest BCUT2D eigenvalue weighted by atomic mass is 10.1. The van der Waals surface area contributed by atoms with Crippen LogP contribution in [-0.4, -0.2) is 40.3 Å². The molecular weight excluding hydrogens is 286 g/mol. The second-order valence-corrected chi connectivity index (χ2v) is 5.94. The van der Waals surface area contributed by atoms with E-state index in [-0.39, 0.29) is 5.75 Å². The molecule has 0 aliphatic carbocycles. The average Bonchev–Trinajstić information content (AvgIpc) is 2.67. The predicted octanol–water partition coefficient (Wildman–Crippen LogP) is 1.88. The van der Waals surface area contributed by atoms with Crippen LogP contribution in [0.3, 0.4) is 0 Å². The molecule has 0 amide bonds. The van der Waals surface area contributed by atoms with Crippen LogP contribution in [0, 0.1) is 5.82 Å². The second kappa shape index (κ2) is 5.54. The Kier molecular flexibility index (Phi) is 4.15. The zero-order valence-corrected chi connectivity index (χ0v) is 12.0. The smallest absolute Gasteiger partial charge is 0.403 e. The van der Waals surface area contributed by atoms with E-state index in [1.165, 1.54) is 6.07 Å². The molecule has 0 bridgehead atoms. The number of aromatic nitrogens is 1. The number of hydrogen-bond donors (Lipinski definition) is 3. The van der Waals surface area contributed by atoms with Crippen molar-refractivity contribution in [2.75, 3.05) is 20.6 Å². The van der Waals surface area contributed by atoms with E-state index < -0.39 is 13.6 Å². The number of fused-ring (bicyclic) bond motifs is 1. The summed E-state index contributed by atoms with van der Waals surface area (Å²) in [5.74, 6) is -0.773. The maximum absolute atomic E-state index is 13.4. The normalized spacial score (nSPS) is 12.3. The third-order valence-corrected chi connectivity index (χ3v) is 3.27. The molecule has 20 heavy (non-hydrogen) atoms. The molecule has 2 rings (SSSR count). The molecule has 1 heterocycles. The number of nitrogens with one attached hydrogen (secondary N) is 1. The van der Waals surface area contributed by atoms with Gasteiger partial charge < -0.3 is 14.4 Å². The minimum Gasteiger partial charge on any atom is -0.403 e. The maximum Gasteiger partial charge on any atom is 0.524 e. The molecule has 110 valence electrons. The van der Waals surface area contributed by atoms with Crippen LogP contribution in [0.5, 0.6) is 5.75 Å². The van der Waals surface area contributed by atoms with Gasteiger partial charge in [0.15, 0.2) is 0 Å². The highest BCUT2D eigenvalue weighted by Gasteiger charge is 2.20. The van der Waals surface area contributed by atoms with E-state index >= 15 is 0 Å². The van der Waals surface area contributed by atoms with Gasteiger partial charge >= 0.3 is 7.82 Å². The number of aromatic amines is 1. The number of rotatable bonds is 5. The average molecular weight is 302 g/mol. The summed E-state index contributed by atoms with van der Waals surface area (Å²) in [4.78, 5) is 22.7. The fourth-order valence-corrected chi connectivity index (χ4v) is 2.41. The van der Waals surface area contributed by atoms with Crippen molar-refractivity contribution in [2.45, 2.75) is 6.42 Å². The summed E-state index contributed by atoms with van der Waals surface area (Å²) in [5, 5.41) is 0.497. The van der Waals surface area contributed by atoms with Gasteiger partial charge in [-0.3, -0.25) is 9.79 Å². The fourth-order valence-electron chi connectivity index (χ4n) is 2.01. The molecule has 3 N–H and O–H groups in total. The SMILES string of the molecule is CN(C)CCc1c[nH]c2cc(F)cc(OP(=O)(O)O)c12. The van der Waals surface area contributed by atoms with E-state index in [9.17, 15) is 8.96 Å². The molecule has 0 aliphatic rings. The first-order valence-corrected chi connectivity index (χ1v) is 7.48.